The molecule has 2 aromatic heterocycles. The lowest BCUT2D eigenvalue weighted by molar-refractivity contribution is -0.120. The Morgan fingerprint density at radius 2 is 2.13 bits per heavy atom. The zero-order chi connectivity index (χ0) is 16.7. The summed E-state index contributed by atoms with van der Waals surface area (Å²) >= 11 is 0. The highest BCUT2D eigenvalue weighted by Crippen LogP contribution is 2.03. The predicted molar refractivity (Wildman–Crippen MR) is 84.8 cm³/mol. The lowest BCUT2D eigenvalue weighted by Gasteiger charge is -2.08. The molecule has 0 fully saturated rings. The van der Waals surface area contributed by atoms with E-state index >= 15 is 0 Å². The lowest BCUT2D eigenvalue weighted by atomic mass is 10.3. The van der Waals surface area contributed by atoms with Crippen molar-refractivity contribution in [2.24, 2.45) is 0 Å². The number of amides is 2. The molecule has 0 aliphatic heterocycles. The molecule has 2 amide bonds. The zero-order valence-corrected chi connectivity index (χ0v) is 13.5. The molecule has 0 aliphatic rings. The smallest absolute Gasteiger partial charge is 0.269 e. The van der Waals surface area contributed by atoms with Crippen molar-refractivity contribution in [3.05, 3.63) is 35.9 Å². The van der Waals surface area contributed by atoms with Gasteiger partial charge in [-0.25, -0.2) is 0 Å². The summed E-state index contributed by atoms with van der Waals surface area (Å²) in [6, 6.07) is 3.57. The second kappa shape index (κ2) is 8.11. The third kappa shape index (κ3) is 4.94. The van der Waals surface area contributed by atoms with Crippen LogP contribution in [0.15, 0.2) is 24.5 Å². The Balaban J connectivity index is 1.68. The summed E-state index contributed by atoms with van der Waals surface area (Å²) in [5.41, 5.74) is 1.25. The largest absolute Gasteiger partial charge is 0.355 e. The molecule has 2 N–H and O–H groups in total. The molecule has 23 heavy (non-hydrogen) atoms. The monoisotopic (exact) mass is 318 g/mol. The second-order valence-corrected chi connectivity index (χ2v) is 5.14. The number of hydrogen-bond donors (Lipinski definition) is 2. The van der Waals surface area contributed by atoms with Gasteiger partial charge < -0.3 is 10.6 Å². The summed E-state index contributed by atoms with van der Waals surface area (Å²) in [6.07, 6.45) is 4.38. The second-order valence-electron chi connectivity index (χ2n) is 5.14. The van der Waals surface area contributed by atoms with Crippen LogP contribution in [0.1, 0.15) is 29.5 Å². The first-order valence-electron chi connectivity index (χ1n) is 7.67. The zero-order valence-electron chi connectivity index (χ0n) is 13.5. The van der Waals surface area contributed by atoms with Crippen LogP contribution >= 0.6 is 0 Å². The van der Waals surface area contributed by atoms with E-state index in [9.17, 15) is 9.59 Å². The molecular weight excluding hydrogens is 296 g/mol. The molecule has 124 valence electrons. The van der Waals surface area contributed by atoms with Gasteiger partial charge in [-0.15, -0.1) is 0 Å². The van der Waals surface area contributed by atoms with Crippen molar-refractivity contribution < 1.29 is 9.59 Å². The number of nitrogens with one attached hydrogen (secondary N) is 2. The summed E-state index contributed by atoms with van der Waals surface area (Å²) in [5, 5.41) is 13.7. The average molecular weight is 318 g/mol. The lowest BCUT2D eigenvalue weighted by Crippen LogP contribution is -2.38. The van der Waals surface area contributed by atoms with Gasteiger partial charge in [0.1, 0.15) is 5.69 Å². The molecule has 2 rings (SSSR count). The van der Waals surface area contributed by atoms with Gasteiger partial charge in [0, 0.05) is 32.0 Å². The third-order valence-corrected chi connectivity index (χ3v) is 3.29. The third-order valence-electron chi connectivity index (χ3n) is 3.29. The van der Waals surface area contributed by atoms with Crippen molar-refractivity contribution in [2.75, 3.05) is 13.1 Å². The predicted octanol–water partition coefficient (Wildman–Crippen LogP) is 0.344. The van der Waals surface area contributed by atoms with E-state index < -0.39 is 0 Å². The van der Waals surface area contributed by atoms with Crippen LogP contribution in [-0.4, -0.2) is 44.5 Å². The molecular formula is C15H22N6O2. The topological polar surface area (TPSA) is 93.8 Å². The van der Waals surface area contributed by atoms with E-state index in [1.165, 1.54) is 0 Å². The summed E-state index contributed by atoms with van der Waals surface area (Å²) in [7, 11) is 0. The van der Waals surface area contributed by atoms with E-state index in [4.69, 9.17) is 0 Å². The Bertz CT molecular complexity index is 647. The average Bonchev–Trinajstić information content (AvgIpc) is 3.18. The van der Waals surface area contributed by atoms with E-state index in [1.807, 2.05) is 30.8 Å². The fourth-order valence-electron chi connectivity index (χ4n) is 2.18. The van der Waals surface area contributed by atoms with E-state index in [2.05, 4.69) is 20.8 Å². The van der Waals surface area contributed by atoms with Gasteiger partial charge in [0.15, 0.2) is 0 Å². The molecule has 0 unspecified atom stereocenters. The van der Waals surface area contributed by atoms with E-state index in [-0.39, 0.29) is 18.4 Å². The first-order valence-corrected chi connectivity index (χ1v) is 7.67. The highest BCUT2D eigenvalue weighted by atomic mass is 16.2. The van der Waals surface area contributed by atoms with Crippen molar-refractivity contribution in [3.63, 3.8) is 0 Å². The van der Waals surface area contributed by atoms with Gasteiger partial charge in [-0.1, -0.05) is 0 Å². The summed E-state index contributed by atoms with van der Waals surface area (Å²) in [4.78, 5) is 23.8. The van der Waals surface area contributed by atoms with Crippen LogP contribution in [0, 0.1) is 6.92 Å². The molecule has 0 bridgehead atoms. The standard InChI is InChI=1S/C15H22N6O2/c1-3-21-13(10-12(2)19-21)15(23)17-11-14(22)16-6-4-8-20-9-5-7-18-20/h5,7,9-10H,3-4,6,8,11H2,1-2H3,(H,16,22)(H,17,23). The highest BCUT2D eigenvalue weighted by Gasteiger charge is 2.13. The molecule has 0 radical (unpaired) electrons. The van der Waals surface area contributed by atoms with E-state index in [0.29, 0.717) is 18.8 Å². The molecule has 0 aliphatic carbocycles. The summed E-state index contributed by atoms with van der Waals surface area (Å²) in [5.74, 6) is -0.503. The van der Waals surface area contributed by atoms with Crippen LogP contribution in [0.4, 0.5) is 0 Å². The molecule has 0 spiro atoms. The van der Waals surface area contributed by atoms with Gasteiger partial charge in [0.2, 0.25) is 5.91 Å². The first-order chi connectivity index (χ1) is 11.1. The minimum Gasteiger partial charge on any atom is -0.355 e. The Labute approximate surface area is 134 Å². The Kier molecular flexibility index (Phi) is 5.90. The number of carbonyl (C=O) groups excluding carboxylic acids is 2. The number of carbonyl (C=O) groups is 2. The normalized spacial score (nSPS) is 10.5. The molecule has 0 saturated heterocycles. The van der Waals surface area contributed by atoms with Gasteiger partial charge in [0.25, 0.3) is 5.91 Å². The van der Waals surface area contributed by atoms with Gasteiger partial charge in [-0.3, -0.25) is 19.0 Å². The highest BCUT2D eigenvalue weighted by molar-refractivity contribution is 5.95. The van der Waals surface area contributed by atoms with Crippen LogP contribution in [-0.2, 0) is 17.9 Å². The summed E-state index contributed by atoms with van der Waals surface area (Å²) in [6.45, 7) is 5.59. The maximum atomic E-state index is 12.1. The Morgan fingerprint density at radius 1 is 1.30 bits per heavy atom. The van der Waals surface area contributed by atoms with Crippen molar-refractivity contribution in [1.29, 1.82) is 0 Å². The molecule has 8 nitrogen and oxygen atoms in total. The van der Waals surface area contributed by atoms with Crippen LogP contribution in [0.25, 0.3) is 0 Å². The van der Waals surface area contributed by atoms with E-state index in [0.717, 1.165) is 18.7 Å². The van der Waals surface area contributed by atoms with E-state index in [1.54, 1.807) is 16.9 Å². The number of aryl methyl sites for hydroxylation is 3. The maximum absolute atomic E-state index is 12.1. The van der Waals surface area contributed by atoms with Crippen molar-refractivity contribution >= 4 is 11.8 Å². The van der Waals surface area contributed by atoms with Crippen molar-refractivity contribution in [2.45, 2.75) is 33.4 Å². The van der Waals surface area contributed by atoms with Crippen LogP contribution in [0.2, 0.25) is 0 Å². The van der Waals surface area contributed by atoms with Crippen LogP contribution in [0.5, 0.6) is 0 Å². The molecule has 8 heteroatoms. The van der Waals surface area contributed by atoms with Gasteiger partial charge in [0.05, 0.1) is 12.2 Å². The van der Waals surface area contributed by atoms with Crippen LogP contribution in [0.3, 0.4) is 0 Å². The fraction of sp³-hybridized carbons (Fsp3) is 0.467. The number of hydrogen-bond acceptors (Lipinski definition) is 4. The minimum atomic E-state index is -0.292. The van der Waals surface area contributed by atoms with Crippen LogP contribution < -0.4 is 10.6 Å². The molecule has 0 aromatic carbocycles. The molecule has 2 aromatic rings. The maximum Gasteiger partial charge on any atom is 0.269 e. The Hall–Kier alpha value is -2.64. The van der Waals surface area contributed by atoms with Gasteiger partial charge >= 0.3 is 0 Å². The quantitative estimate of drug-likeness (QED) is 0.687. The molecule has 0 saturated carbocycles. The van der Waals surface area contributed by atoms with Crippen molar-refractivity contribution in [1.82, 2.24) is 30.2 Å². The number of rotatable bonds is 8. The fourth-order valence-corrected chi connectivity index (χ4v) is 2.18. The Morgan fingerprint density at radius 3 is 2.83 bits per heavy atom. The number of nitrogens with zero attached hydrogens (tertiary/aromatic N) is 4. The minimum absolute atomic E-state index is 0.0471. The number of aromatic nitrogens is 4. The molecule has 2 heterocycles. The molecule has 0 atom stereocenters. The first kappa shape index (κ1) is 16.7. The SMILES string of the molecule is CCn1nc(C)cc1C(=O)NCC(=O)NCCCn1cccn1. The van der Waals surface area contributed by atoms with Gasteiger partial charge in [-0.2, -0.15) is 10.2 Å². The summed E-state index contributed by atoms with van der Waals surface area (Å²) < 4.78 is 3.43. The van der Waals surface area contributed by atoms with Gasteiger partial charge in [-0.05, 0) is 32.4 Å². The van der Waals surface area contributed by atoms with Crippen molar-refractivity contribution in [3.8, 4) is 0 Å².